The van der Waals surface area contributed by atoms with Crippen molar-refractivity contribution in [1.82, 2.24) is 15.5 Å². The van der Waals surface area contributed by atoms with Crippen LogP contribution >= 0.6 is 11.3 Å². The third kappa shape index (κ3) is 4.70. The van der Waals surface area contributed by atoms with Crippen molar-refractivity contribution in [2.45, 2.75) is 18.9 Å². The Labute approximate surface area is 140 Å². The Morgan fingerprint density at radius 1 is 1.33 bits per heavy atom. The van der Waals surface area contributed by atoms with Gasteiger partial charge in [0.15, 0.2) is 5.60 Å². The van der Waals surface area contributed by atoms with Gasteiger partial charge in [0, 0.05) is 6.42 Å². The molecule has 2 amide bonds. The van der Waals surface area contributed by atoms with E-state index in [1.807, 2.05) is 0 Å². The van der Waals surface area contributed by atoms with Crippen LogP contribution < -0.4 is 10.6 Å². The largest absolute Gasteiger partial charge is 0.479 e. The van der Waals surface area contributed by atoms with Crippen molar-refractivity contribution < 1.29 is 24.2 Å². The zero-order chi connectivity index (χ0) is 17.7. The van der Waals surface area contributed by atoms with Crippen molar-refractivity contribution in [3.63, 3.8) is 0 Å². The molecule has 0 saturated carbocycles. The first-order chi connectivity index (χ1) is 11.3. The molecule has 1 aromatic heterocycles. The number of nitrogens with one attached hydrogen (secondary N) is 2. The number of halogens is 1. The Hall–Kier alpha value is -2.59. The molecule has 0 bridgehead atoms. The number of carbonyl (C=O) groups is 2. The van der Waals surface area contributed by atoms with Gasteiger partial charge in [0.1, 0.15) is 10.8 Å². The summed E-state index contributed by atoms with van der Waals surface area (Å²) >= 11 is 1.06. The molecular weight excluding hydrogens is 339 g/mol. The number of aliphatic carboxylic acids is 1. The first kappa shape index (κ1) is 17.8. The first-order valence-electron chi connectivity index (χ1n) is 6.84. The minimum Gasteiger partial charge on any atom is -0.479 e. The summed E-state index contributed by atoms with van der Waals surface area (Å²) in [6.07, 6.45) is 0.237. The van der Waals surface area contributed by atoms with E-state index in [0.717, 1.165) is 18.3 Å². The van der Waals surface area contributed by atoms with Gasteiger partial charge in [0.2, 0.25) is 5.13 Å². The van der Waals surface area contributed by atoms with Crippen LogP contribution in [0.1, 0.15) is 17.5 Å². The number of aliphatic hydroxyl groups is 1. The second-order valence-electron chi connectivity index (χ2n) is 5.16. The van der Waals surface area contributed by atoms with Gasteiger partial charge in [-0.3, -0.25) is 5.32 Å². The fourth-order valence-corrected chi connectivity index (χ4v) is 2.41. The molecule has 0 aliphatic rings. The monoisotopic (exact) mass is 354 g/mol. The van der Waals surface area contributed by atoms with Crippen LogP contribution in [0, 0.1) is 5.82 Å². The number of hydrogen-bond acceptors (Lipinski definition) is 6. The quantitative estimate of drug-likeness (QED) is 0.618. The van der Waals surface area contributed by atoms with Crippen molar-refractivity contribution in [1.29, 1.82) is 0 Å². The second kappa shape index (κ2) is 7.32. The number of urea groups is 1. The number of carbonyl (C=O) groups excluding carboxylic acids is 1. The highest BCUT2D eigenvalue weighted by Crippen LogP contribution is 2.19. The van der Waals surface area contributed by atoms with E-state index in [1.165, 1.54) is 6.07 Å². The minimum absolute atomic E-state index is 0.175. The smallest absolute Gasteiger partial charge is 0.337 e. The van der Waals surface area contributed by atoms with Crippen molar-refractivity contribution in [3.8, 4) is 0 Å². The van der Waals surface area contributed by atoms with E-state index in [4.69, 9.17) is 5.11 Å². The average molecular weight is 354 g/mol. The molecule has 0 spiro atoms. The molecule has 2 aromatic rings. The maximum Gasteiger partial charge on any atom is 0.337 e. The van der Waals surface area contributed by atoms with E-state index < -0.39 is 24.1 Å². The van der Waals surface area contributed by atoms with Gasteiger partial charge in [0.05, 0.1) is 6.54 Å². The highest BCUT2D eigenvalue weighted by Gasteiger charge is 2.30. The van der Waals surface area contributed by atoms with Crippen LogP contribution in [0.4, 0.5) is 14.3 Å². The van der Waals surface area contributed by atoms with Gasteiger partial charge < -0.3 is 15.5 Å². The SMILES string of the molecule is CC(O)(CNC(=O)Nc1nnc(Cc2ccccc2F)s1)C(=O)O. The predicted octanol–water partition coefficient (Wildman–Crippen LogP) is 1.23. The Morgan fingerprint density at radius 3 is 2.71 bits per heavy atom. The van der Waals surface area contributed by atoms with Gasteiger partial charge in [-0.2, -0.15) is 0 Å². The number of carboxylic acid groups (broad SMARTS) is 1. The molecule has 1 unspecified atom stereocenters. The Morgan fingerprint density at radius 2 is 2.04 bits per heavy atom. The van der Waals surface area contributed by atoms with E-state index in [1.54, 1.807) is 18.2 Å². The summed E-state index contributed by atoms with van der Waals surface area (Å²) in [7, 11) is 0. The van der Waals surface area contributed by atoms with Crippen molar-refractivity contribution in [2.75, 3.05) is 11.9 Å². The summed E-state index contributed by atoms with van der Waals surface area (Å²) in [5.41, 5.74) is -1.61. The number of anilines is 1. The topological polar surface area (TPSA) is 124 Å². The summed E-state index contributed by atoms with van der Waals surface area (Å²) in [4.78, 5) is 22.4. The van der Waals surface area contributed by atoms with E-state index in [0.29, 0.717) is 10.6 Å². The van der Waals surface area contributed by atoms with Gasteiger partial charge in [-0.15, -0.1) is 10.2 Å². The Kier molecular flexibility index (Phi) is 5.42. The molecule has 1 atom stereocenters. The third-order valence-electron chi connectivity index (χ3n) is 3.04. The number of aromatic nitrogens is 2. The highest BCUT2D eigenvalue weighted by atomic mass is 32.1. The number of amides is 2. The molecule has 0 aliphatic heterocycles. The molecule has 1 aromatic carbocycles. The molecule has 2 rings (SSSR count). The number of benzene rings is 1. The van der Waals surface area contributed by atoms with Gasteiger partial charge in [-0.25, -0.2) is 14.0 Å². The molecule has 8 nitrogen and oxygen atoms in total. The summed E-state index contributed by atoms with van der Waals surface area (Å²) in [5, 5.41) is 31.1. The number of hydrogen-bond donors (Lipinski definition) is 4. The van der Waals surface area contributed by atoms with Gasteiger partial charge in [-0.05, 0) is 18.6 Å². The Balaban J connectivity index is 1.91. The maximum atomic E-state index is 13.6. The minimum atomic E-state index is -2.07. The van der Waals surface area contributed by atoms with Crippen molar-refractivity contribution >= 4 is 28.5 Å². The van der Waals surface area contributed by atoms with Crippen molar-refractivity contribution in [3.05, 3.63) is 40.7 Å². The van der Waals surface area contributed by atoms with Crippen molar-refractivity contribution in [2.24, 2.45) is 0 Å². The first-order valence-corrected chi connectivity index (χ1v) is 7.66. The van der Waals surface area contributed by atoms with Crippen LogP contribution in [-0.4, -0.2) is 44.6 Å². The van der Waals surface area contributed by atoms with Crippen LogP contribution in [0.2, 0.25) is 0 Å². The molecule has 24 heavy (non-hydrogen) atoms. The lowest BCUT2D eigenvalue weighted by Crippen LogP contribution is -2.47. The third-order valence-corrected chi connectivity index (χ3v) is 3.88. The standard InChI is InChI=1S/C14H15FN4O4S/c1-14(23,11(20)21)7-16-12(22)17-13-19-18-10(24-13)6-8-4-2-3-5-9(8)15/h2-5,23H,6-7H2,1H3,(H,20,21)(H2,16,17,19,22). The van der Waals surface area contributed by atoms with E-state index in [-0.39, 0.29) is 17.4 Å². The van der Waals surface area contributed by atoms with E-state index >= 15 is 0 Å². The number of carboxylic acids is 1. The number of nitrogens with zero attached hydrogens (tertiary/aromatic N) is 2. The summed E-state index contributed by atoms with van der Waals surface area (Å²) in [6.45, 7) is 0.585. The van der Waals surface area contributed by atoms with Gasteiger partial charge in [-0.1, -0.05) is 29.5 Å². The fourth-order valence-electron chi connectivity index (χ4n) is 1.65. The molecule has 0 fully saturated rings. The van der Waals surface area contributed by atoms with Gasteiger partial charge in [0.25, 0.3) is 0 Å². The van der Waals surface area contributed by atoms with E-state index in [9.17, 15) is 19.1 Å². The predicted molar refractivity (Wildman–Crippen MR) is 84.4 cm³/mol. The molecule has 0 radical (unpaired) electrons. The molecule has 0 saturated heterocycles. The van der Waals surface area contributed by atoms with E-state index in [2.05, 4.69) is 20.8 Å². The second-order valence-corrected chi connectivity index (χ2v) is 6.22. The van der Waals surface area contributed by atoms with Crippen LogP contribution in [0.15, 0.2) is 24.3 Å². The number of rotatable bonds is 6. The zero-order valence-electron chi connectivity index (χ0n) is 12.6. The summed E-state index contributed by atoms with van der Waals surface area (Å²) in [5.74, 6) is -1.80. The van der Waals surface area contributed by atoms with Crippen LogP contribution in [0.3, 0.4) is 0 Å². The zero-order valence-corrected chi connectivity index (χ0v) is 13.4. The van der Waals surface area contributed by atoms with Gasteiger partial charge >= 0.3 is 12.0 Å². The summed E-state index contributed by atoms with van der Waals surface area (Å²) in [6, 6.07) is 5.54. The lowest BCUT2D eigenvalue weighted by Gasteiger charge is -2.17. The fraction of sp³-hybridized carbons (Fsp3) is 0.286. The van der Waals surface area contributed by atoms with Crippen LogP contribution in [-0.2, 0) is 11.2 Å². The maximum absolute atomic E-state index is 13.6. The molecule has 128 valence electrons. The highest BCUT2D eigenvalue weighted by molar-refractivity contribution is 7.15. The normalized spacial score (nSPS) is 13.1. The van der Waals surface area contributed by atoms with Crippen LogP contribution in [0.25, 0.3) is 0 Å². The van der Waals surface area contributed by atoms with Crippen LogP contribution in [0.5, 0.6) is 0 Å². The molecule has 0 aliphatic carbocycles. The lowest BCUT2D eigenvalue weighted by molar-refractivity contribution is -0.155. The molecular formula is C14H15FN4O4S. The Bertz CT molecular complexity index is 750. The lowest BCUT2D eigenvalue weighted by atomic mass is 10.1. The summed E-state index contributed by atoms with van der Waals surface area (Å²) < 4.78 is 13.6. The molecule has 10 heteroatoms. The molecule has 4 N–H and O–H groups in total. The molecule has 1 heterocycles. The average Bonchev–Trinajstić information content (AvgIpc) is 2.94.